The predicted molar refractivity (Wildman–Crippen MR) is 66.5 cm³/mol. The average Bonchev–Trinajstić information content (AvgIpc) is 2.30. The SMILES string of the molecule is CSc1cccc(-c2ccccn2)c1Cl. The summed E-state index contributed by atoms with van der Waals surface area (Å²) in [5, 5.41) is 0.781. The van der Waals surface area contributed by atoms with Crippen LogP contribution in [-0.2, 0) is 0 Å². The quantitative estimate of drug-likeness (QED) is 0.727. The monoisotopic (exact) mass is 235 g/mol. The lowest BCUT2D eigenvalue weighted by Crippen LogP contribution is -1.84. The fraction of sp³-hybridized carbons (Fsp3) is 0.0833. The van der Waals surface area contributed by atoms with Crippen LogP contribution in [0.25, 0.3) is 11.3 Å². The minimum absolute atomic E-state index is 0.781. The van der Waals surface area contributed by atoms with Crippen molar-refractivity contribution in [1.29, 1.82) is 0 Å². The van der Waals surface area contributed by atoms with Gasteiger partial charge in [-0.1, -0.05) is 29.8 Å². The van der Waals surface area contributed by atoms with Gasteiger partial charge in [-0.05, 0) is 24.5 Å². The number of halogens is 1. The van der Waals surface area contributed by atoms with Crippen LogP contribution >= 0.6 is 23.4 Å². The molecule has 0 unspecified atom stereocenters. The van der Waals surface area contributed by atoms with E-state index in [1.807, 2.05) is 42.7 Å². The number of thioether (sulfide) groups is 1. The Bertz CT molecular complexity index is 456. The first-order valence-electron chi connectivity index (χ1n) is 4.57. The van der Waals surface area contributed by atoms with E-state index < -0.39 is 0 Å². The second-order valence-electron chi connectivity index (χ2n) is 3.04. The van der Waals surface area contributed by atoms with Gasteiger partial charge < -0.3 is 0 Å². The zero-order valence-electron chi connectivity index (χ0n) is 8.27. The molecular formula is C12H10ClNS. The molecular weight excluding hydrogens is 226 g/mol. The van der Waals surface area contributed by atoms with E-state index in [4.69, 9.17) is 11.6 Å². The van der Waals surface area contributed by atoms with Crippen molar-refractivity contribution in [3.05, 3.63) is 47.6 Å². The Labute approximate surface area is 98.5 Å². The summed E-state index contributed by atoms with van der Waals surface area (Å²) < 4.78 is 0. The van der Waals surface area contributed by atoms with Crippen molar-refractivity contribution in [2.24, 2.45) is 0 Å². The molecule has 15 heavy (non-hydrogen) atoms. The topological polar surface area (TPSA) is 12.9 Å². The van der Waals surface area contributed by atoms with Gasteiger partial charge in [-0.15, -0.1) is 11.8 Å². The van der Waals surface area contributed by atoms with Crippen LogP contribution < -0.4 is 0 Å². The molecule has 0 bridgehead atoms. The highest BCUT2D eigenvalue weighted by Crippen LogP contribution is 2.33. The van der Waals surface area contributed by atoms with Gasteiger partial charge in [0, 0.05) is 16.7 Å². The highest BCUT2D eigenvalue weighted by molar-refractivity contribution is 7.98. The second-order valence-corrected chi connectivity index (χ2v) is 4.26. The Kier molecular flexibility index (Phi) is 3.29. The smallest absolute Gasteiger partial charge is 0.0717 e. The summed E-state index contributed by atoms with van der Waals surface area (Å²) in [4.78, 5) is 5.37. The highest BCUT2D eigenvalue weighted by atomic mass is 35.5. The summed E-state index contributed by atoms with van der Waals surface area (Å²) in [6.07, 6.45) is 3.79. The summed E-state index contributed by atoms with van der Waals surface area (Å²) in [6, 6.07) is 11.8. The fourth-order valence-corrected chi connectivity index (χ4v) is 2.35. The average molecular weight is 236 g/mol. The standard InChI is InChI=1S/C12H10ClNS/c1-15-11-7-4-5-9(12(11)13)10-6-2-3-8-14-10/h2-8H,1H3. The predicted octanol–water partition coefficient (Wildman–Crippen LogP) is 4.12. The molecule has 0 aliphatic rings. The van der Waals surface area contributed by atoms with Gasteiger partial charge in [-0.2, -0.15) is 0 Å². The van der Waals surface area contributed by atoms with Gasteiger partial charge in [0.15, 0.2) is 0 Å². The molecule has 0 fully saturated rings. The van der Waals surface area contributed by atoms with Gasteiger partial charge in [0.25, 0.3) is 0 Å². The van der Waals surface area contributed by atoms with E-state index in [-0.39, 0.29) is 0 Å². The number of aromatic nitrogens is 1. The molecule has 2 rings (SSSR count). The summed E-state index contributed by atoms with van der Waals surface area (Å²) in [5.74, 6) is 0. The molecule has 1 heterocycles. The molecule has 2 aromatic rings. The summed E-state index contributed by atoms with van der Waals surface area (Å²) >= 11 is 7.93. The van der Waals surface area contributed by atoms with Crippen LogP contribution in [0.4, 0.5) is 0 Å². The van der Waals surface area contributed by atoms with Crippen LogP contribution in [0.15, 0.2) is 47.5 Å². The van der Waals surface area contributed by atoms with Gasteiger partial charge in [-0.3, -0.25) is 4.98 Å². The van der Waals surface area contributed by atoms with Gasteiger partial charge >= 0.3 is 0 Å². The first kappa shape index (κ1) is 10.5. The van der Waals surface area contributed by atoms with Crippen LogP contribution in [0, 0.1) is 0 Å². The van der Waals surface area contributed by atoms with Crippen molar-refractivity contribution in [3.63, 3.8) is 0 Å². The van der Waals surface area contributed by atoms with E-state index in [1.165, 1.54) is 0 Å². The summed E-state index contributed by atoms with van der Waals surface area (Å²) in [5.41, 5.74) is 1.91. The molecule has 0 aliphatic heterocycles. The Balaban J connectivity index is 2.54. The molecule has 1 aromatic heterocycles. The van der Waals surface area contributed by atoms with E-state index in [1.54, 1.807) is 18.0 Å². The number of rotatable bonds is 2. The third kappa shape index (κ3) is 2.16. The maximum atomic E-state index is 6.28. The molecule has 3 heteroatoms. The highest BCUT2D eigenvalue weighted by Gasteiger charge is 2.07. The first-order chi connectivity index (χ1) is 7.33. The van der Waals surface area contributed by atoms with Crippen LogP contribution in [0.2, 0.25) is 5.02 Å². The summed E-state index contributed by atoms with van der Waals surface area (Å²) in [7, 11) is 0. The number of hydrogen-bond donors (Lipinski definition) is 0. The van der Waals surface area contributed by atoms with Gasteiger partial charge in [-0.25, -0.2) is 0 Å². The lowest BCUT2D eigenvalue weighted by Gasteiger charge is -2.06. The van der Waals surface area contributed by atoms with Crippen molar-refractivity contribution >= 4 is 23.4 Å². The van der Waals surface area contributed by atoms with Crippen molar-refractivity contribution in [1.82, 2.24) is 4.98 Å². The largest absolute Gasteiger partial charge is 0.256 e. The Morgan fingerprint density at radius 1 is 1.13 bits per heavy atom. The number of benzene rings is 1. The van der Waals surface area contributed by atoms with Crippen molar-refractivity contribution in [3.8, 4) is 11.3 Å². The van der Waals surface area contributed by atoms with Gasteiger partial charge in [0.1, 0.15) is 0 Å². The van der Waals surface area contributed by atoms with Crippen molar-refractivity contribution in [2.45, 2.75) is 4.90 Å². The number of pyridine rings is 1. The molecule has 0 saturated carbocycles. The molecule has 0 N–H and O–H groups in total. The third-order valence-corrected chi connectivity index (χ3v) is 3.42. The van der Waals surface area contributed by atoms with E-state index >= 15 is 0 Å². The lowest BCUT2D eigenvalue weighted by atomic mass is 10.1. The van der Waals surface area contributed by atoms with E-state index in [9.17, 15) is 0 Å². The summed E-state index contributed by atoms with van der Waals surface area (Å²) in [6.45, 7) is 0. The second kappa shape index (κ2) is 4.69. The molecule has 1 aromatic carbocycles. The van der Waals surface area contributed by atoms with Gasteiger partial charge in [0.05, 0.1) is 10.7 Å². The molecule has 0 radical (unpaired) electrons. The fourth-order valence-electron chi connectivity index (χ4n) is 1.39. The minimum Gasteiger partial charge on any atom is -0.256 e. The Hall–Kier alpha value is -0.990. The van der Waals surface area contributed by atoms with Crippen molar-refractivity contribution < 1.29 is 0 Å². The van der Waals surface area contributed by atoms with E-state index in [0.717, 1.165) is 21.2 Å². The normalized spacial score (nSPS) is 10.3. The van der Waals surface area contributed by atoms with Crippen molar-refractivity contribution in [2.75, 3.05) is 6.26 Å². The maximum absolute atomic E-state index is 6.28. The zero-order chi connectivity index (χ0) is 10.7. The number of nitrogens with zero attached hydrogens (tertiary/aromatic N) is 1. The van der Waals surface area contributed by atoms with Crippen LogP contribution in [0.5, 0.6) is 0 Å². The molecule has 76 valence electrons. The van der Waals surface area contributed by atoms with E-state index in [2.05, 4.69) is 4.98 Å². The molecule has 0 saturated heterocycles. The first-order valence-corrected chi connectivity index (χ1v) is 6.17. The van der Waals surface area contributed by atoms with Crippen LogP contribution in [-0.4, -0.2) is 11.2 Å². The molecule has 0 spiro atoms. The van der Waals surface area contributed by atoms with E-state index in [0.29, 0.717) is 0 Å². The van der Waals surface area contributed by atoms with Gasteiger partial charge in [0.2, 0.25) is 0 Å². The third-order valence-electron chi connectivity index (χ3n) is 2.12. The molecule has 0 aliphatic carbocycles. The molecule has 0 amide bonds. The van der Waals surface area contributed by atoms with Crippen LogP contribution in [0.1, 0.15) is 0 Å². The molecule has 1 nitrogen and oxygen atoms in total. The maximum Gasteiger partial charge on any atom is 0.0717 e. The Morgan fingerprint density at radius 2 is 2.00 bits per heavy atom. The Morgan fingerprint density at radius 3 is 2.67 bits per heavy atom. The lowest BCUT2D eigenvalue weighted by molar-refractivity contribution is 1.31. The zero-order valence-corrected chi connectivity index (χ0v) is 9.85. The van der Waals surface area contributed by atoms with Crippen LogP contribution in [0.3, 0.4) is 0 Å². The number of hydrogen-bond acceptors (Lipinski definition) is 2. The minimum atomic E-state index is 0.781. The molecule has 0 atom stereocenters.